The molecule has 1 aromatic rings. The second-order valence-electron chi connectivity index (χ2n) is 6.42. The lowest BCUT2D eigenvalue weighted by Crippen LogP contribution is -2.58. The van der Waals surface area contributed by atoms with Crippen LogP contribution < -0.4 is 0 Å². The van der Waals surface area contributed by atoms with Gasteiger partial charge in [-0.15, -0.1) is 11.3 Å². The van der Waals surface area contributed by atoms with Crippen molar-refractivity contribution in [2.24, 2.45) is 0 Å². The van der Waals surface area contributed by atoms with Crippen LogP contribution in [0.4, 0.5) is 0 Å². The van der Waals surface area contributed by atoms with E-state index in [1.165, 1.54) is 4.88 Å². The molecule has 1 saturated heterocycles. The minimum Gasteiger partial charge on any atom is -0.379 e. The lowest BCUT2D eigenvalue weighted by molar-refractivity contribution is -0.146. The Balaban J connectivity index is 2.15. The van der Waals surface area contributed by atoms with Crippen molar-refractivity contribution >= 4 is 17.2 Å². The van der Waals surface area contributed by atoms with E-state index >= 15 is 0 Å². The lowest BCUT2D eigenvalue weighted by atomic mass is 9.98. The van der Waals surface area contributed by atoms with Gasteiger partial charge >= 0.3 is 0 Å². The van der Waals surface area contributed by atoms with Crippen molar-refractivity contribution in [1.82, 2.24) is 14.8 Å². The van der Waals surface area contributed by atoms with Gasteiger partial charge < -0.3 is 9.64 Å². The largest absolute Gasteiger partial charge is 0.379 e. The number of amides is 1. The highest BCUT2D eigenvalue weighted by Gasteiger charge is 2.39. The Bertz CT molecular complexity index is 535. The molecular formula is C16H27N3O2S. The second kappa shape index (κ2) is 6.64. The van der Waals surface area contributed by atoms with Crippen LogP contribution in [0.2, 0.25) is 0 Å². The molecule has 0 saturated carbocycles. The molecule has 2 rings (SSSR count). The van der Waals surface area contributed by atoms with Crippen LogP contribution in [-0.2, 0) is 9.53 Å². The number of likely N-dealkylation sites (N-methyl/N-ethyl adjacent to an activating group) is 1. The predicted octanol–water partition coefficient (Wildman–Crippen LogP) is 2.39. The van der Waals surface area contributed by atoms with Crippen LogP contribution in [0.1, 0.15) is 42.4 Å². The molecule has 1 atom stereocenters. The molecule has 1 aromatic heterocycles. The highest BCUT2D eigenvalue weighted by molar-refractivity contribution is 7.11. The number of rotatable bonds is 4. The van der Waals surface area contributed by atoms with E-state index in [2.05, 4.69) is 23.7 Å². The van der Waals surface area contributed by atoms with Gasteiger partial charge in [0.2, 0.25) is 5.91 Å². The summed E-state index contributed by atoms with van der Waals surface area (Å²) in [7, 11) is 1.88. The van der Waals surface area contributed by atoms with Crippen LogP contribution in [-0.4, -0.2) is 59.6 Å². The molecule has 6 heteroatoms. The van der Waals surface area contributed by atoms with Gasteiger partial charge in [0.05, 0.1) is 35.5 Å². The van der Waals surface area contributed by atoms with E-state index in [-0.39, 0.29) is 11.9 Å². The molecule has 0 aliphatic carbocycles. The number of carbonyl (C=O) groups is 1. The van der Waals surface area contributed by atoms with Gasteiger partial charge in [0.25, 0.3) is 0 Å². The fourth-order valence-electron chi connectivity index (χ4n) is 2.98. The van der Waals surface area contributed by atoms with E-state index in [9.17, 15) is 4.79 Å². The number of morpholine rings is 1. The standard InChI is InChI=1S/C16H27N3O2S/c1-11(14-12(2)22-13(3)17-14)18(6)15(20)16(4,5)19-7-9-21-10-8-19/h11H,7-10H2,1-6H3/t11-/m1/s1. The van der Waals surface area contributed by atoms with E-state index in [0.717, 1.165) is 23.8 Å². The van der Waals surface area contributed by atoms with Gasteiger partial charge in [0.15, 0.2) is 0 Å². The molecule has 0 N–H and O–H groups in total. The topological polar surface area (TPSA) is 45.7 Å². The summed E-state index contributed by atoms with van der Waals surface area (Å²) in [6.07, 6.45) is 0. The fourth-order valence-corrected chi connectivity index (χ4v) is 3.89. The summed E-state index contributed by atoms with van der Waals surface area (Å²) >= 11 is 1.69. The van der Waals surface area contributed by atoms with E-state index in [1.807, 2.05) is 32.7 Å². The van der Waals surface area contributed by atoms with Crippen LogP contribution in [0.5, 0.6) is 0 Å². The van der Waals surface area contributed by atoms with Gasteiger partial charge in [0, 0.05) is 25.0 Å². The van der Waals surface area contributed by atoms with Crippen LogP contribution in [0.3, 0.4) is 0 Å². The summed E-state index contributed by atoms with van der Waals surface area (Å²) in [6.45, 7) is 13.1. The Morgan fingerprint density at radius 3 is 2.45 bits per heavy atom. The SMILES string of the molecule is Cc1nc([C@@H](C)N(C)C(=O)C(C)(C)N2CCOCC2)c(C)s1. The minimum absolute atomic E-state index is 0.0160. The number of thiazole rings is 1. The van der Waals surface area contributed by atoms with Crippen molar-refractivity contribution < 1.29 is 9.53 Å². The third-order valence-corrected chi connectivity index (χ3v) is 5.46. The number of ether oxygens (including phenoxy) is 1. The first-order valence-corrected chi connectivity index (χ1v) is 8.60. The number of aromatic nitrogens is 1. The number of hydrogen-bond donors (Lipinski definition) is 0. The molecule has 0 radical (unpaired) electrons. The summed E-state index contributed by atoms with van der Waals surface area (Å²) in [4.78, 5) is 22.8. The van der Waals surface area contributed by atoms with E-state index in [4.69, 9.17) is 4.74 Å². The monoisotopic (exact) mass is 325 g/mol. The maximum absolute atomic E-state index is 13.0. The molecule has 1 fully saturated rings. The smallest absolute Gasteiger partial charge is 0.242 e. The van der Waals surface area contributed by atoms with Gasteiger partial charge in [0.1, 0.15) is 0 Å². The van der Waals surface area contributed by atoms with Gasteiger partial charge in [-0.1, -0.05) is 0 Å². The zero-order valence-electron chi connectivity index (χ0n) is 14.5. The van der Waals surface area contributed by atoms with Gasteiger partial charge in [-0.3, -0.25) is 9.69 Å². The van der Waals surface area contributed by atoms with Crippen molar-refractivity contribution in [3.63, 3.8) is 0 Å². The van der Waals surface area contributed by atoms with Crippen LogP contribution >= 0.6 is 11.3 Å². The highest BCUT2D eigenvalue weighted by atomic mass is 32.1. The molecule has 0 aromatic carbocycles. The van der Waals surface area contributed by atoms with Crippen molar-refractivity contribution in [1.29, 1.82) is 0 Å². The molecule has 0 spiro atoms. The molecule has 0 bridgehead atoms. The highest BCUT2D eigenvalue weighted by Crippen LogP contribution is 2.29. The maximum Gasteiger partial charge on any atom is 0.242 e. The van der Waals surface area contributed by atoms with Crippen molar-refractivity contribution in [3.8, 4) is 0 Å². The lowest BCUT2D eigenvalue weighted by Gasteiger charge is -2.42. The summed E-state index contributed by atoms with van der Waals surface area (Å²) in [5.74, 6) is 0.131. The minimum atomic E-state index is -0.522. The first kappa shape index (κ1) is 17.4. The van der Waals surface area contributed by atoms with E-state index in [1.54, 1.807) is 11.3 Å². The Morgan fingerprint density at radius 2 is 1.95 bits per heavy atom. The maximum atomic E-state index is 13.0. The third kappa shape index (κ3) is 3.34. The number of hydrogen-bond acceptors (Lipinski definition) is 5. The van der Waals surface area contributed by atoms with Crippen molar-refractivity contribution in [3.05, 3.63) is 15.6 Å². The number of nitrogens with zero attached hydrogens (tertiary/aromatic N) is 3. The molecule has 5 nitrogen and oxygen atoms in total. The van der Waals surface area contributed by atoms with Gasteiger partial charge in [-0.2, -0.15) is 0 Å². The fraction of sp³-hybridized carbons (Fsp3) is 0.750. The Kier molecular flexibility index (Phi) is 5.25. The normalized spacial score (nSPS) is 18.3. The summed E-state index contributed by atoms with van der Waals surface area (Å²) in [5.41, 5.74) is 0.488. The summed E-state index contributed by atoms with van der Waals surface area (Å²) in [6, 6.07) is -0.0160. The van der Waals surface area contributed by atoms with Crippen molar-refractivity contribution in [2.45, 2.75) is 46.2 Å². The first-order valence-electron chi connectivity index (χ1n) is 7.79. The Hall–Kier alpha value is -0.980. The predicted molar refractivity (Wildman–Crippen MR) is 89.2 cm³/mol. The average molecular weight is 325 g/mol. The molecule has 1 aliphatic rings. The van der Waals surface area contributed by atoms with Crippen LogP contribution in [0, 0.1) is 13.8 Å². The Labute approximate surface area is 137 Å². The number of carbonyl (C=O) groups excluding carboxylic acids is 1. The first-order chi connectivity index (χ1) is 10.2. The van der Waals surface area contributed by atoms with E-state index in [0.29, 0.717) is 13.2 Å². The van der Waals surface area contributed by atoms with Crippen molar-refractivity contribution in [2.75, 3.05) is 33.4 Å². The van der Waals surface area contributed by atoms with Crippen LogP contribution in [0.25, 0.3) is 0 Å². The van der Waals surface area contributed by atoms with Gasteiger partial charge in [-0.05, 0) is 34.6 Å². The zero-order chi connectivity index (χ0) is 16.5. The zero-order valence-corrected chi connectivity index (χ0v) is 15.3. The molecule has 124 valence electrons. The second-order valence-corrected chi connectivity index (χ2v) is 7.83. The molecule has 0 unspecified atom stereocenters. The summed E-state index contributed by atoms with van der Waals surface area (Å²) < 4.78 is 5.40. The quantitative estimate of drug-likeness (QED) is 0.853. The molecular weight excluding hydrogens is 298 g/mol. The van der Waals surface area contributed by atoms with Crippen LogP contribution in [0.15, 0.2) is 0 Å². The molecule has 1 amide bonds. The average Bonchev–Trinajstić information content (AvgIpc) is 2.84. The molecule has 1 aliphatic heterocycles. The Morgan fingerprint density at radius 1 is 1.36 bits per heavy atom. The summed E-state index contributed by atoms with van der Waals surface area (Å²) in [5, 5.41) is 1.05. The third-order valence-electron chi connectivity index (χ3n) is 4.56. The van der Waals surface area contributed by atoms with Gasteiger partial charge in [-0.25, -0.2) is 4.98 Å². The number of aryl methyl sites for hydroxylation is 2. The molecule has 22 heavy (non-hydrogen) atoms. The van der Waals surface area contributed by atoms with E-state index < -0.39 is 5.54 Å². The molecule has 2 heterocycles.